The Kier molecular flexibility index (Phi) is 2.22. The van der Waals surface area contributed by atoms with Crippen molar-refractivity contribution in [2.24, 2.45) is 0 Å². The van der Waals surface area contributed by atoms with E-state index in [4.69, 9.17) is 4.98 Å². The van der Waals surface area contributed by atoms with Gasteiger partial charge in [0.2, 0.25) is 0 Å². The predicted octanol–water partition coefficient (Wildman–Crippen LogP) is 4.66. The molecule has 4 rings (SSSR count). The van der Waals surface area contributed by atoms with E-state index in [0.717, 1.165) is 24.1 Å². The van der Waals surface area contributed by atoms with Crippen molar-refractivity contribution in [1.82, 2.24) is 4.98 Å². The van der Waals surface area contributed by atoms with Gasteiger partial charge in [-0.05, 0) is 42.4 Å². The molecular formula is C18H15N. The van der Waals surface area contributed by atoms with Crippen LogP contribution < -0.4 is 0 Å². The maximum Gasteiger partial charge on any atom is 0.0790 e. The average molecular weight is 245 g/mol. The second-order valence-electron chi connectivity index (χ2n) is 5.22. The van der Waals surface area contributed by atoms with Crippen molar-refractivity contribution in [3.63, 3.8) is 0 Å². The van der Waals surface area contributed by atoms with E-state index in [1.165, 1.54) is 27.3 Å². The Balaban J connectivity index is 2.21. The molecule has 1 aromatic heterocycles. The molecule has 0 saturated heterocycles. The quantitative estimate of drug-likeness (QED) is 0.525. The number of nitrogens with zero attached hydrogens (tertiary/aromatic N) is 1. The SMILES string of the molecule is Cc1c2c(nc3c1ccc1ccccc13)C=CCC2. The summed E-state index contributed by atoms with van der Waals surface area (Å²) in [4.78, 5) is 4.92. The fourth-order valence-electron chi connectivity index (χ4n) is 3.10. The zero-order valence-electron chi connectivity index (χ0n) is 11.0. The van der Waals surface area contributed by atoms with E-state index < -0.39 is 0 Å². The highest BCUT2D eigenvalue weighted by Gasteiger charge is 2.13. The first kappa shape index (κ1) is 10.7. The van der Waals surface area contributed by atoms with Crippen molar-refractivity contribution in [3.05, 3.63) is 59.3 Å². The van der Waals surface area contributed by atoms with Crippen LogP contribution in [0.5, 0.6) is 0 Å². The van der Waals surface area contributed by atoms with Gasteiger partial charge in [-0.25, -0.2) is 4.98 Å². The molecule has 1 aliphatic rings. The van der Waals surface area contributed by atoms with Crippen LogP contribution in [-0.4, -0.2) is 4.98 Å². The third-order valence-corrected chi connectivity index (χ3v) is 4.14. The Bertz CT molecular complexity index is 828. The lowest BCUT2D eigenvalue weighted by atomic mass is 9.93. The summed E-state index contributed by atoms with van der Waals surface area (Å²) in [5.74, 6) is 0. The monoisotopic (exact) mass is 245 g/mol. The number of aryl methyl sites for hydroxylation is 1. The Morgan fingerprint density at radius 2 is 1.89 bits per heavy atom. The number of allylic oxidation sites excluding steroid dienone is 1. The Morgan fingerprint density at radius 1 is 1.00 bits per heavy atom. The fourth-order valence-corrected chi connectivity index (χ4v) is 3.10. The molecule has 3 aromatic rings. The average Bonchev–Trinajstić information content (AvgIpc) is 2.47. The largest absolute Gasteiger partial charge is 0.247 e. The summed E-state index contributed by atoms with van der Waals surface area (Å²) in [6, 6.07) is 12.9. The van der Waals surface area contributed by atoms with Crippen LogP contribution in [0.4, 0.5) is 0 Å². The molecule has 1 heteroatoms. The van der Waals surface area contributed by atoms with E-state index in [-0.39, 0.29) is 0 Å². The molecule has 0 unspecified atom stereocenters. The van der Waals surface area contributed by atoms with E-state index in [2.05, 4.69) is 55.5 Å². The number of benzene rings is 2. The summed E-state index contributed by atoms with van der Waals surface area (Å²) in [5, 5.41) is 3.82. The van der Waals surface area contributed by atoms with Gasteiger partial charge in [-0.3, -0.25) is 0 Å². The zero-order chi connectivity index (χ0) is 12.8. The number of pyridine rings is 1. The summed E-state index contributed by atoms with van der Waals surface area (Å²) in [6.07, 6.45) is 6.65. The smallest absolute Gasteiger partial charge is 0.0790 e. The molecule has 0 radical (unpaired) electrons. The highest BCUT2D eigenvalue weighted by atomic mass is 14.7. The van der Waals surface area contributed by atoms with E-state index in [0.29, 0.717) is 0 Å². The Labute approximate surface area is 112 Å². The Morgan fingerprint density at radius 3 is 2.84 bits per heavy atom. The van der Waals surface area contributed by atoms with Crippen LogP contribution in [0.15, 0.2) is 42.5 Å². The van der Waals surface area contributed by atoms with Gasteiger partial charge in [0.05, 0.1) is 11.2 Å². The first-order valence-electron chi connectivity index (χ1n) is 6.82. The standard InChI is InChI=1S/C18H15N/c1-12-14-7-4-5-9-17(14)19-18-15(12)11-10-13-6-2-3-8-16(13)18/h2-3,5-6,8-11H,4,7H2,1H3. The van der Waals surface area contributed by atoms with Gasteiger partial charge < -0.3 is 0 Å². The van der Waals surface area contributed by atoms with Gasteiger partial charge in [0.15, 0.2) is 0 Å². The lowest BCUT2D eigenvalue weighted by Gasteiger charge is -2.16. The van der Waals surface area contributed by atoms with E-state index in [9.17, 15) is 0 Å². The highest BCUT2D eigenvalue weighted by Crippen LogP contribution is 2.31. The molecule has 1 heterocycles. The van der Waals surface area contributed by atoms with Crippen LogP contribution in [0.1, 0.15) is 23.2 Å². The zero-order valence-corrected chi connectivity index (χ0v) is 11.0. The van der Waals surface area contributed by atoms with Crippen molar-refractivity contribution in [1.29, 1.82) is 0 Å². The lowest BCUT2D eigenvalue weighted by molar-refractivity contribution is 0.959. The normalized spacial score (nSPS) is 13.9. The summed E-state index contributed by atoms with van der Waals surface area (Å²) in [6.45, 7) is 2.23. The molecule has 0 spiro atoms. The molecule has 0 atom stereocenters. The van der Waals surface area contributed by atoms with E-state index >= 15 is 0 Å². The second-order valence-corrected chi connectivity index (χ2v) is 5.22. The summed E-state index contributed by atoms with van der Waals surface area (Å²) >= 11 is 0. The number of hydrogen-bond donors (Lipinski definition) is 0. The van der Waals surface area contributed by atoms with Gasteiger partial charge >= 0.3 is 0 Å². The number of aromatic nitrogens is 1. The van der Waals surface area contributed by atoms with Crippen LogP contribution in [0, 0.1) is 6.92 Å². The van der Waals surface area contributed by atoms with E-state index in [1.807, 2.05) is 0 Å². The molecule has 0 amide bonds. The second kappa shape index (κ2) is 3.92. The molecule has 92 valence electrons. The fraction of sp³-hybridized carbons (Fsp3) is 0.167. The molecule has 0 bridgehead atoms. The van der Waals surface area contributed by atoms with Crippen molar-refractivity contribution in [2.75, 3.05) is 0 Å². The summed E-state index contributed by atoms with van der Waals surface area (Å²) < 4.78 is 0. The summed E-state index contributed by atoms with van der Waals surface area (Å²) in [7, 11) is 0. The molecule has 2 aromatic carbocycles. The van der Waals surface area contributed by atoms with Gasteiger partial charge in [-0.1, -0.05) is 42.5 Å². The van der Waals surface area contributed by atoms with Gasteiger partial charge in [0, 0.05) is 10.8 Å². The van der Waals surface area contributed by atoms with Crippen LogP contribution in [-0.2, 0) is 6.42 Å². The number of hydrogen-bond acceptors (Lipinski definition) is 1. The van der Waals surface area contributed by atoms with E-state index in [1.54, 1.807) is 0 Å². The molecule has 0 N–H and O–H groups in total. The maximum atomic E-state index is 4.92. The van der Waals surface area contributed by atoms with Crippen molar-refractivity contribution in [2.45, 2.75) is 19.8 Å². The minimum Gasteiger partial charge on any atom is -0.247 e. The first-order chi connectivity index (χ1) is 9.34. The molecule has 19 heavy (non-hydrogen) atoms. The van der Waals surface area contributed by atoms with Gasteiger partial charge in [-0.2, -0.15) is 0 Å². The lowest BCUT2D eigenvalue weighted by Crippen LogP contribution is -2.02. The highest BCUT2D eigenvalue weighted by molar-refractivity contribution is 6.06. The third kappa shape index (κ3) is 1.51. The summed E-state index contributed by atoms with van der Waals surface area (Å²) in [5.41, 5.74) is 5.12. The molecule has 1 nitrogen and oxygen atoms in total. The molecular weight excluding hydrogens is 230 g/mol. The van der Waals surface area contributed by atoms with Crippen LogP contribution >= 0.6 is 0 Å². The minimum absolute atomic E-state index is 1.12. The van der Waals surface area contributed by atoms with Crippen molar-refractivity contribution < 1.29 is 0 Å². The molecule has 0 saturated carbocycles. The van der Waals surface area contributed by atoms with Crippen molar-refractivity contribution in [3.8, 4) is 0 Å². The molecule has 0 aliphatic heterocycles. The van der Waals surface area contributed by atoms with Crippen LogP contribution in [0.3, 0.4) is 0 Å². The Hall–Kier alpha value is -2.15. The minimum atomic E-state index is 1.12. The maximum absolute atomic E-state index is 4.92. The predicted molar refractivity (Wildman–Crippen MR) is 81.3 cm³/mol. The molecule has 1 aliphatic carbocycles. The first-order valence-corrected chi connectivity index (χ1v) is 6.82. The number of rotatable bonds is 0. The van der Waals surface area contributed by atoms with Crippen LogP contribution in [0.25, 0.3) is 27.8 Å². The topological polar surface area (TPSA) is 12.9 Å². The molecule has 0 fully saturated rings. The van der Waals surface area contributed by atoms with Gasteiger partial charge in [-0.15, -0.1) is 0 Å². The van der Waals surface area contributed by atoms with Gasteiger partial charge in [0.1, 0.15) is 0 Å². The van der Waals surface area contributed by atoms with Crippen molar-refractivity contribution >= 4 is 27.8 Å². The third-order valence-electron chi connectivity index (χ3n) is 4.14. The van der Waals surface area contributed by atoms with Gasteiger partial charge in [0.25, 0.3) is 0 Å². The number of fused-ring (bicyclic) bond motifs is 4. The van der Waals surface area contributed by atoms with Crippen LogP contribution in [0.2, 0.25) is 0 Å².